The first-order valence-electron chi connectivity index (χ1n) is 11.7. The summed E-state index contributed by atoms with van der Waals surface area (Å²) in [7, 11) is 0. The molecule has 6 nitrogen and oxygen atoms in total. The summed E-state index contributed by atoms with van der Waals surface area (Å²) >= 11 is 1.67. The van der Waals surface area contributed by atoms with Gasteiger partial charge in [-0.05, 0) is 56.7 Å². The van der Waals surface area contributed by atoms with E-state index in [1.54, 1.807) is 11.8 Å². The molecule has 1 saturated heterocycles. The van der Waals surface area contributed by atoms with Crippen molar-refractivity contribution in [3.63, 3.8) is 0 Å². The molecule has 2 aromatic carbocycles. The molecule has 35 heavy (non-hydrogen) atoms. The Balaban J connectivity index is 0.00000306. The van der Waals surface area contributed by atoms with E-state index in [1.807, 2.05) is 56.5 Å². The maximum Gasteiger partial charge on any atom is 1.00 e. The SMILES string of the molecule is CC(C)(C(=O)c1ccc(Sc2ccc(OCCCCCC[C-]=O)cc2)cc1)N1CCOCC1.[Na+].[OH3+]. The van der Waals surface area contributed by atoms with Crippen LogP contribution in [0.3, 0.4) is 0 Å². The summed E-state index contributed by atoms with van der Waals surface area (Å²) in [6.45, 7) is 7.61. The molecule has 0 aliphatic carbocycles. The molecule has 0 spiro atoms. The zero-order chi connectivity index (χ0) is 23.5. The molecule has 2 aromatic rings. The number of carbonyl (C=O) groups is 1. The summed E-state index contributed by atoms with van der Waals surface area (Å²) in [5.74, 6) is 1.01. The van der Waals surface area contributed by atoms with Crippen LogP contribution in [0.1, 0.15) is 56.3 Å². The minimum Gasteiger partial charge on any atom is -0.542 e. The summed E-state index contributed by atoms with van der Waals surface area (Å²) in [5.41, 5.74) is 0.200. The van der Waals surface area contributed by atoms with Gasteiger partial charge in [0.2, 0.25) is 0 Å². The van der Waals surface area contributed by atoms with E-state index in [-0.39, 0.29) is 40.8 Å². The summed E-state index contributed by atoms with van der Waals surface area (Å²) in [6, 6.07) is 16.0. The van der Waals surface area contributed by atoms with Gasteiger partial charge in [0.25, 0.3) is 0 Å². The van der Waals surface area contributed by atoms with Gasteiger partial charge in [0.1, 0.15) is 5.75 Å². The molecule has 1 aliphatic heterocycles. The Bertz CT molecular complexity index is 883. The molecule has 0 amide bonds. The molecular formula is C27H37NNaO5S+. The van der Waals surface area contributed by atoms with Crippen molar-refractivity contribution < 1.29 is 54.1 Å². The third-order valence-electron chi connectivity index (χ3n) is 5.98. The number of ether oxygens (including phenoxy) is 2. The van der Waals surface area contributed by atoms with E-state index in [9.17, 15) is 9.59 Å². The fourth-order valence-corrected chi connectivity index (χ4v) is 4.69. The van der Waals surface area contributed by atoms with E-state index < -0.39 is 5.54 Å². The standard InChI is InChI=1S/C27H34NO4S.Na.H2O/c1-27(2,28-16-20-31-21-17-28)26(30)22-8-12-24(13-9-22)33-25-14-10-23(11-15-25)32-19-7-5-3-4-6-18-29;;/h8-15H,3-7,16-17,19-21H2,1-2H3;;1H2/q-1;+1;/p+1. The first-order chi connectivity index (χ1) is 16.0. The number of hydrogen-bond acceptors (Lipinski definition) is 6. The monoisotopic (exact) mass is 510 g/mol. The maximum atomic E-state index is 13.1. The predicted molar refractivity (Wildman–Crippen MR) is 137 cm³/mol. The minimum absolute atomic E-state index is 0. The van der Waals surface area contributed by atoms with Crippen molar-refractivity contribution in [3.05, 3.63) is 54.1 Å². The number of rotatable bonds is 13. The molecule has 0 aromatic heterocycles. The third kappa shape index (κ3) is 10.00. The molecule has 186 valence electrons. The van der Waals surface area contributed by atoms with Crippen LogP contribution in [0.5, 0.6) is 5.75 Å². The van der Waals surface area contributed by atoms with E-state index in [0.29, 0.717) is 26.2 Å². The quantitative estimate of drug-likeness (QED) is 0.134. The Morgan fingerprint density at radius 1 is 0.971 bits per heavy atom. The normalized spacial score (nSPS) is 13.9. The second-order valence-corrected chi connectivity index (χ2v) is 9.89. The van der Waals surface area contributed by atoms with Crippen molar-refractivity contribution in [2.45, 2.75) is 61.3 Å². The van der Waals surface area contributed by atoms with E-state index in [1.165, 1.54) is 0 Å². The Kier molecular flexibility index (Phi) is 15.0. The topological polar surface area (TPSA) is 88.8 Å². The molecule has 1 fully saturated rings. The van der Waals surface area contributed by atoms with Crippen molar-refractivity contribution in [1.29, 1.82) is 0 Å². The van der Waals surface area contributed by atoms with Gasteiger partial charge in [-0.3, -0.25) is 16.0 Å². The number of carbonyl (C=O) groups excluding carboxylic acids is 2. The van der Waals surface area contributed by atoms with Crippen molar-refractivity contribution in [1.82, 2.24) is 4.90 Å². The van der Waals surface area contributed by atoms with Crippen LogP contribution in [0, 0.1) is 0 Å². The summed E-state index contributed by atoms with van der Waals surface area (Å²) in [6.07, 6.45) is 6.48. The molecule has 0 bridgehead atoms. The van der Waals surface area contributed by atoms with Crippen LogP contribution in [0.25, 0.3) is 0 Å². The van der Waals surface area contributed by atoms with Gasteiger partial charge in [0.05, 0.1) is 25.4 Å². The van der Waals surface area contributed by atoms with Crippen molar-refractivity contribution in [2.24, 2.45) is 0 Å². The summed E-state index contributed by atoms with van der Waals surface area (Å²) in [5, 5.41) is 0. The number of nitrogens with zero attached hydrogens (tertiary/aromatic N) is 1. The van der Waals surface area contributed by atoms with E-state index >= 15 is 0 Å². The van der Waals surface area contributed by atoms with Crippen LogP contribution in [-0.4, -0.2) is 55.4 Å². The van der Waals surface area contributed by atoms with Crippen molar-refractivity contribution in [3.8, 4) is 5.75 Å². The van der Waals surface area contributed by atoms with Crippen LogP contribution in [-0.2, 0) is 15.0 Å². The van der Waals surface area contributed by atoms with E-state index in [0.717, 1.165) is 59.9 Å². The third-order valence-corrected chi connectivity index (χ3v) is 6.99. The number of unbranched alkanes of at least 4 members (excludes halogenated alkanes) is 4. The zero-order valence-corrected chi connectivity index (χ0v) is 24.1. The Hall–Kier alpha value is -1.19. The van der Waals surface area contributed by atoms with Crippen LogP contribution >= 0.6 is 11.8 Å². The maximum absolute atomic E-state index is 13.1. The first kappa shape index (κ1) is 31.8. The Morgan fingerprint density at radius 2 is 1.54 bits per heavy atom. The van der Waals surface area contributed by atoms with Gasteiger partial charge < -0.3 is 19.7 Å². The molecule has 3 N–H and O–H groups in total. The zero-order valence-electron chi connectivity index (χ0n) is 21.3. The molecule has 0 radical (unpaired) electrons. The summed E-state index contributed by atoms with van der Waals surface area (Å²) in [4.78, 5) is 27.7. The van der Waals surface area contributed by atoms with Crippen LogP contribution in [0.2, 0.25) is 0 Å². The van der Waals surface area contributed by atoms with Crippen molar-refractivity contribution >= 4 is 23.8 Å². The number of Topliss-reactive ketones (excluding diaryl/α,β-unsaturated/α-hetero) is 1. The number of benzene rings is 2. The average molecular weight is 511 g/mol. The summed E-state index contributed by atoms with van der Waals surface area (Å²) < 4.78 is 11.2. The fourth-order valence-electron chi connectivity index (χ4n) is 3.88. The van der Waals surface area contributed by atoms with Crippen LogP contribution < -0.4 is 34.3 Å². The minimum atomic E-state index is -0.539. The van der Waals surface area contributed by atoms with Gasteiger partial charge >= 0.3 is 29.6 Å². The van der Waals surface area contributed by atoms with Crippen LogP contribution in [0.15, 0.2) is 58.3 Å². The Labute approximate surface area is 235 Å². The molecule has 3 rings (SSSR count). The van der Waals surface area contributed by atoms with Gasteiger partial charge in [-0.2, -0.15) is 6.42 Å². The number of hydrogen-bond donors (Lipinski definition) is 0. The van der Waals surface area contributed by atoms with Crippen molar-refractivity contribution in [2.75, 3.05) is 32.9 Å². The predicted octanol–water partition coefficient (Wildman–Crippen LogP) is 1.65. The van der Waals surface area contributed by atoms with E-state index in [2.05, 4.69) is 17.0 Å². The largest absolute Gasteiger partial charge is 1.00 e. The molecule has 1 aliphatic rings. The first-order valence-corrected chi connectivity index (χ1v) is 12.6. The Morgan fingerprint density at radius 3 is 2.14 bits per heavy atom. The fraction of sp³-hybridized carbons (Fsp3) is 0.481. The second kappa shape index (κ2) is 16.5. The van der Waals surface area contributed by atoms with Gasteiger partial charge in [-0.25, -0.2) is 0 Å². The average Bonchev–Trinajstić information content (AvgIpc) is 2.85. The van der Waals surface area contributed by atoms with E-state index in [4.69, 9.17) is 9.47 Å². The number of morpholine rings is 1. The number of ketones is 1. The van der Waals surface area contributed by atoms with Gasteiger partial charge in [0, 0.05) is 28.4 Å². The van der Waals surface area contributed by atoms with Gasteiger partial charge in [0.15, 0.2) is 5.78 Å². The molecule has 8 heteroatoms. The van der Waals surface area contributed by atoms with Gasteiger partial charge in [-0.15, -0.1) is 0 Å². The smallest absolute Gasteiger partial charge is 0.542 e. The molecule has 1 heterocycles. The second-order valence-electron chi connectivity index (χ2n) is 8.74. The van der Waals surface area contributed by atoms with Crippen LogP contribution in [0.4, 0.5) is 0 Å². The van der Waals surface area contributed by atoms with Gasteiger partial charge in [-0.1, -0.05) is 43.2 Å². The molecule has 0 unspecified atom stereocenters. The molecule has 0 saturated carbocycles. The molecular weight excluding hydrogens is 473 g/mol. The molecule has 0 atom stereocenters.